The summed E-state index contributed by atoms with van der Waals surface area (Å²) in [4.78, 5) is 0. The minimum atomic E-state index is -0.0513. The van der Waals surface area contributed by atoms with Gasteiger partial charge in [0.1, 0.15) is 5.75 Å². The molecule has 0 amide bonds. The first-order valence-corrected chi connectivity index (χ1v) is 5.66. The van der Waals surface area contributed by atoms with Gasteiger partial charge in [0.05, 0.1) is 13.2 Å². The molecule has 0 radical (unpaired) electrons. The van der Waals surface area contributed by atoms with E-state index >= 15 is 0 Å². The van der Waals surface area contributed by atoms with E-state index in [0.717, 1.165) is 24.2 Å². The van der Waals surface area contributed by atoms with Crippen molar-refractivity contribution in [3.05, 3.63) is 29.3 Å². The van der Waals surface area contributed by atoms with Crippen LogP contribution in [0.4, 0.5) is 0 Å². The lowest BCUT2D eigenvalue weighted by Crippen LogP contribution is -2.14. The van der Waals surface area contributed by atoms with Gasteiger partial charge in [0, 0.05) is 13.7 Å². The first-order chi connectivity index (χ1) is 7.76. The van der Waals surface area contributed by atoms with Gasteiger partial charge in [-0.25, -0.2) is 0 Å². The number of ether oxygens (including phenoxy) is 2. The topological polar surface area (TPSA) is 44.5 Å². The molecule has 0 aliphatic heterocycles. The summed E-state index contributed by atoms with van der Waals surface area (Å²) in [5.41, 5.74) is 7.95. The maximum absolute atomic E-state index is 5.64. The molecule has 1 aromatic rings. The van der Waals surface area contributed by atoms with Crippen molar-refractivity contribution in [1.82, 2.24) is 0 Å². The summed E-state index contributed by atoms with van der Waals surface area (Å²) < 4.78 is 10.7. The summed E-state index contributed by atoms with van der Waals surface area (Å²) in [5.74, 6) is 0.926. The van der Waals surface area contributed by atoms with E-state index in [1.807, 2.05) is 6.07 Å². The SMILES string of the molecule is CCCc1ccc(C(CN)OC)cc1OC. The summed E-state index contributed by atoms with van der Waals surface area (Å²) in [6.45, 7) is 2.64. The van der Waals surface area contributed by atoms with Gasteiger partial charge >= 0.3 is 0 Å². The highest BCUT2D eigenvalue weighted by Gasteiger charge is 2.11. The zero-order valence-electron chi connectivity index (χ0n) is 10.3. The van der Waals surface area contributed by atoms with E-state index < -0.39 is 0 Å². The van der Waals surface area contributed by atoms with Crippen molar-refractivity contribution >= 4 is 0 Å². The fourth-order valence-corrected chi connectivity index (χ4v) is 1.81. The highest BCUT2D eigenvalue weighted by atomic mass is 16.5. The van der Waals surface area contributed by atoms with Gasteiger partial charge < -0.3 is 15.2 Å². The molecule has 0 aliphatic rings. The van der Waals surface area contributed by atoms with Gasteiger partial charge in [0.25, 0.3) is 0 Å². The van der Waals surface area contributed by atoms with E-state index in [1.54, 1.807) is 14.2 Å². The molecule has 0 spiro atoms. The summed E-state index contributed by atoms with van der Waals surface area (Å²) in [5, 5.41) is 0. The van der Waals surface area contributed by atoms with E-state index in [1.165, 1.54) is 5.56 Å². The Kier molecular flexibility index (Phi) is 5.29. The minimum absolute atomic E-state index is 0.0513. The Morgan fingerprint density at radius 2 is 2.06 bits per heavy atom. The molecule has 1 atom stereocenters. The Bertz CT molecular complexity index is 322. The van der Waals surface area contributed by atoms with Crippen LogP contribution in [0.5, 0.6) is 5.75 Å². The molecule has 0 aliphatic carbocycles. The molecule has 90 valence electrons. The van der Waals surface area contributed by atoms with Gasteiger partial charge in [-0.15, -0.1) is 0 Å². The van der Waals surface area contributed by atoms with Gasteiger partial charge in [-0.1, -0.05) is 25.5 Å². The standard InChI is InChI=1S/C13H21NO2/c1-4-5-10-6-7-11(8-12(10)15-2)13(9-14)16-3/h6-8,13H,4-5,9,14H2,1-3H3. The number of benzene rings is 1. The normalized spacial score (nSPS) is 12.5. The maximum atomic E-state index is 5.64. The van der Waals surface area contributed by atoms with Crippen molar-refractivity contribution in [3.8, 4) is 5.75 Å². The number of hydrogen-bond acceptors (Lipinski definition) is 3. The number of nitrogens with two attached hydrogens (primary N) is 1. The van der Waals surface area contributed by atoms with Gasteiger partial charge in [-0.05, 0) is 23.6 Å². The van der Waals surface area contributed by atoms with E-state index in [-0.39, 0.29) is 6.10 Å². The van der Waals surface area contributed by atoms with Gasteiger partial charge in [0.15, 0.2) is 0 Å². The Balaban J connectivity index is 2.98. The third kappa shape index (κ3) is 2.97. The Hall–Kier alpha value is -1.06. The van der Waals surface area contributed by atoms with Crippen LogP contribution >= 0.6 is 0 Å². The fourth-order valence-electron chi connectivity index (χ4n) is 1.81. The first-order valence-electron chi connectivity index (χ1n) is 5.66. The van der Waals surface area contributed by atoms with E-state index in [9.17, 15) is 0 Å². The minimum Gasteiger partial charge on any atom is -0.496 e. The molecule has 16 heavy (non-hydrogen) atoms. The summed E-state index contributed by atoms with van der Waals surface area (Å²) in [6.07, 6.45) is 2.09. The zero-order chi connectivity index (χ0) is 12.0. The molecular weight excluding hydrogens is 202 g/mol. The highest BCUT2D eigenvalue weighted by molar-refractivity contribution is 5.38. The molecular formula is C13H21NO2. The largest absolute Gasteiger partial charge is 0.496 e. The molecule has 0 saturated heterocycles. The van der Waals surface area contributed by atoms with Crippen LogP contribution in [0.25, 0.3) is 0 Å². The van der Waals surface area contributed by atoms with E-state index in [2.05, 4.69) is 19.1 Å². The average Bonchev–Trinajstić information content (AvgIpc) is 2.32. The van der Waals surface area contributed by atoms with Gasteiger partial charge in [-0.2, -0.15) is 0 Å². The van der Waals surface area contributed by atoms with Crippen LogP contribution in [0.15, 0.2) is 18.2 Å². The van der Waals surface area contributed by atoms with Gasteiger partial charge in [0.2, 0.25) is 0 Å². The van der Waals surface area contributed by atoms with Gasteiger partial charge in [-0.3, -0.25) is 0 Å². The van der Waals surface area contributed by atoms with Crippen molar-refractivity contribution < 1.29 is 9.47 Å². The fraction of sp³-hybridized carbons (Fsp3) is 0.538. The molecule has 0 bridgehead atoms. The Labute approximate surface area is 97.6 Å². The quantitative estimate of drug-likeness (QED) is 0.804. The maximum Gasteiger partial charge on any atom is 0.122 e. The Morgan fingerprint density at radius 1 is 1.31 bits per heavy atom. The van der Waals surface area contributed by atoms with Crippen LogP contribution in [0.2, 0.25) is 0 Å². The summed E-state index contributed by atoms with van der Waals surface area (Å²) >= 11 is 0. The average molecular weight is 223 g/mol. The number of aryl methyl sites for hydroxylation is 1. The smallest absolute Gasteiger partial charge is 0.122 e. The molecule has 2 N–H and O–H groups in total. The highest BCUT2D eigenvalue weighted by Crippen LogP contribution is 2.25. The van der Waals surface area contributed by atoms with Crippen LogP contribution in [0.3, 0.4) is 0 Å². The predicted octanol–water partition coefficient (Wildman–Crippen LogP) is 2.29. The zero-order valence-corrected chi connectivity index (χ0v) is 10.3. The van der Waals surface area contributed by atoms with Crippen molar-refractivity contribution in [3.63, 3.8) is 0 Å². The first kappa shape index (κ1) is 13.0. The van der Waals surface area contributed by atoms with Crippen LogP contribution in [0, 0.1) is 0 Å². The van der Waals surface area contributed by atoms with Crippen molar-refractivity contribution in [2.75, 3.05) is 20.8 Å². The lowest BCUT2D eigenvalue weighted by molar-refractivity contribution is 0.110. The second-order valence-corrected chi connectivity index (χ2v) is 3.78. The molecule has 3 heteroatoms. The third-order valence-corrected chi connectivity index (χ3v) is 2.70. The molecule has 1 unspecified atom stereocenters. The van der Waals surface area contributed by atoms with Crippen LogP contribution in [-0.4, -0.2) is 20.8 Å². The predicted molar refractivity (Wildman–Crippen MR) is 65.8 cm³/mol. The van der Waals surface area contributed by atoms with Crippen LogP contribution in [0.1, 0.15) is 30.6 Å². The van der Waals surface area contributed by atoms with Crippen molar-refractivity contribution in [1.29, 1.82) is 0 Å². The monoisotopic (exact) mass is 223 g/mol. The van der Waals surface area contributed by atoms with Crippen molar-refractivity contribution in [2.45, 2.75) is 25.9 Å². The van der Waals surface area contributed by atoms with E-state index in [4.69, 9.17) is 15.2 Å². The molecule has 1 aromatic carbocycles. The second kappa shape index (κ2) is 6.51. The molecule has 0 fully saturated rings. The number of methoxy groups -OCH3 is 2. The molecule has 3 nitrogen and oxygen atoms in total. The Morgan fingerprint density at radius 3 is 2.56 bits per heavy atom. The lowest BCUT2D eigenvalue weighted by Gasteiger charge is -2.16. The van der Waals surface area contributed by atoms with E-state index in [0.29, 0.717) is 6.54 Å². The summed E-state index contributed by atoms with van der Waals surface area (Å²) in [6, 6.07) is 6.18. The molecule has 1 rings (SSSR count). The number of rotatable bonds is 6. The van der Waals surface area contributed by atoms with Crippen molar-refractivity contribution in [2.24, 2.45) is 5.73 Å². The molecule has 0 aromatic heterocycles. The molecule has 0 heterocycles. The third-order valence-electron chi connectivity index (χ3n) is 2.70. The summed E-state index contributed by atoms with van der Waals surface area (Å²) in [7, 11) is 3.37. The van der Waals surface area contributed by atoms with Crippen LogP contribution in [-0.2, 0) is 11.2 Å². The molecule has 0 saturated carbocycles. The lowest BCUT2D eigenvalue weighted by atomic mass is 10.0. The van der Waals surface area contributed by atoms with Crippen LogP contribution < -0.4 is 10.5 Å². The second-order valence-electron chi connectivity index (χ2n) is 3.78. The number of hydrogen-bond donors (Lipinski definition) is 1.